The molecule has 1 amide bonds. The molecule has 0 spiro atoms. The van der Waals surface area contributed by atoms with Crippen LogP contribution in [0.1, 0.15) is 13.8 Å². The lowest BCUT2D eigenvalue weighted by atomic mass is 10.0. The van der Waals surface area contributed by atoms with Crippen LogP contribution in [-0.2, 0) is 4.79 Å². The van der Waals surface area contributed by atoms with Crippen molar-refractivity contribution in [3.63, 3.8) is 0 Å². The number of benzene rings is 1. The smallest absolute Gasteiger partial charge is 0.270 e. The van der Waals surface area contributed by atoms with Crippen molar-refractivity contribution in [2.75, 3.05) is 32.1 Å². The number of likely N-dealkylation sites (N-methyl/N-ethyl adjacent to an activating group) is 1. The van der Waals surface area contributed by atoms with E-state index in [1.54, 1.807) is 30.9 Å². The number of ether oxygens (including phenoxy) is 1. The summed E-state index contributed by atoms with van der Waals surface area (Å²) in [5.41, 5.74) is -0.0914. The van der Waals surface area contributed by atoms with Crippen LogP contribution in [0.15, 0.2) is 18.2 Å². The number of hydrogen-bond acceptors (Lipinski definition) is 3. The molecule has 4 nitrogen and oxygen atoms in total. The van der Waals surface area contributed by atoms with E-state index in [4.69, 9.17) is 16.3 Å². The molecule has 0 N–H and O–H groups in total. The molecule has 0 saturated heterocycles. The van der Waals surface area contributed by atoms with Gasteiger partial charge < -0.3 is 14.5 Å². The Morgan fingerprint density at radius 3 is 2.68 bits per heavy atom. The lowest BCUT2D eigenvalue weighted by molar-refractivity contribution is -0.132. The van der Waals surface area contributed by atoms with Crippen molar-refractivity contribution in [3.05, 3.63) is 23.2 Å². The summed E-state index contributed by atoms with van der Waals surface area (Å²) in [5.74, 6) is 0.664. The maximum absolute atomic E-state index is 12.5. The molecule has 1 aromatic carbocycles. The van der Waals surface area contributed by atoms with Crippen LogP contribution in [0.5, 0.6) is 5.75 Å². The Labute approximate surface area is 118 Å². The van der Waals surface area contributed by atoms with Gasteiger partial charge in [0.05, 0.1) is 5.69 Å². The molecule has 2 rings (SSSR count). The molecule has 0 aliphatic carbocycles. The SMILES string of the molecule is CN(C)CCN1C(=O)C(C)(C)Oc2ccc(Cl)cc21. The highest BCUT2D eigenvalue weighted by atomic mass is 35.5. The van der Waals surface area contributed by atoms with Gasteiger partial charge in [0.15, 0.2) is 5.60 Å². The third kappa shape index (κ3) is 2.85. The van der Waals surface area contributed by atoms with Crippen molar-refractivity contribution in [2.45, 2.75) is 19.4 Å². The van der Waals surface area contributed by atoms with E-state index in [1.165, 1.54) is 0 Å². The van der Waals surface area contributed by atoms with E-state index >= 15 is 0 Å². The van der Waals surface area contributed by atoms with E-state index in [1.807, 2.05) is 25.1 Å². The van der Waals surface area contributed by atoms with Crippen LogP contribution in [0.25, 0.3) is 0 Å². The summed E-state index contributed by atoms with van der Waals surface area (Å²) in [4.78, 5) is 16.3. The molecule has 104 valence electrons. The van der Waals surface area contributed by atoms with Gasteiger partial charge in [0.25, 0.3) is 5.91 Å². The number of amides is 1. The topological polar surface area (TPSA) is 32.8 Å². The summed E-state index contributed by atoms with van der Waals surface area (Å²) >= 11 is 6.02. The third-order valence-corrected chi connectivity index (χ3v) is 3.34. The second-order valence-electron chi connectivity index (χ2n) is 5.48. The summed E-state index contributed by atoms with van der Waals surface area (Å²) in [7, 11) is 3.96. The summed E-state index contributed by atoms with van der Waals surface area (Å²) in [6, 6.07) is 5.37. The summed E-state index contributed by atoms with van der Waals surface area (Å²) < 4.78 is 5.76. The molecule has 1 aromatic rings. The van der Waals surface area contributed by atoms with Gasteiger partial charge >= 0.3 is 0 Å². The van der Waals surface area contributed by atoms with Crippen LogP contribution < -0.4 is 9.64 Å². The molecule has 0 atom stereocenters. The van der Waals surface area contributed by atoms with Gasteiger partial charge in [-0.2, -0.15) is 0 Å². The zero-order valence-electron chi connectivity index (χ0n) is 11.7. The zero-order valence-corrected chi connectivity index (χ0v) is 12.5. The fourth-order valence-corrected chi connectivity index (χ4v) is 2.23. The molecular weight excluding hydrogens is 264 g/mol. The highest BCUT2D eigenvalue weighted by molar-refractivity contribution is 6.31. The van der Waals surface area contributed by atoms with Crippen LogP contribution in [0.4, 0.5) is 5.69 Å². The first-order chi connectivity index (χ1) is 8.81. The number of carbonyl (C=O) groups excluding carboxylic acids is 1. The molecular formula is C14H19ClN2O2. The molecule has 1 aliphatic heterocycles. The minimum atomic E-state index is -0.840. The first kappa shape index (κ1) is 14.2. The highest BCUT2D eigenvalue weighted by Gasteiger charge is 2.40. The third-order valence-electron chi connectivity index (χ3n) is 3.11. The molecule has 1 heterocycles. The van der Waals surface area contributed by atoms with Gasteiger partial charge in [-0.15, -0.1) is 0 Å². The maximum Gasteiger partial charge on any atom is 0.270 e. The largest absolute Gasteiger partial charge is 0.476 e. The van der Waals surface area contributed by atoms with Crippen molar-refractivity contribution >= 4 is 23.2 Å². The van der Waals surface area contributed by atoms with Crippen LogP contribution in [0.3, 0.4) is 0 Å². The number of fused-ring (bicyclic) bond motifs is 1. The van der Waals surface area contributed by atoms with Gasteiger partial charge in [-0.3, -0.25) is 4.79 Å². The number of rotatable bonds is 3. The Kier molecular flexibility index (Phi) is 3.74. The molecule has 1 aliphatic rings. The Hall–Kier alpha value is -1.26. The first-order valence-electron chi connectivity index (χ1n) is 6.26. The zero-order chi connectivity index (χ0) is 14.2. The minimum absolute atomic E-state index is 0.0379. The highest BCUT2D eigenvalue weighted by Crippen LogP contribution is 2.39. The monoisotopic (exact) mass is 282 g/mol. The summed E-state index contributed by atoms with van der Waals surface area (Å²) in [6.07, 6.45) is 0. The average molecular weight is 283 g/mol. The molecule has 0 bridgehead atoms. The molecule has 19 heavy (non-hydrogen) atoms. The summed E-state index contributed by atoms with van der Waals surface area (Å²) in [5, 5.41) is 0.602. The minimum Gasteiger partial charge on any atom is -0.476 e. The molecule has 0 radical (unpaired) electrons. The molecule has 0 aromatic heterocycles. The maximum atomic E-state index is 12.5. The first-order valence-corrected chi connectivity index (χ1v) is 6.64. The number of hydrogen-bond donors (Lipinski definition) is 0. The Morgan fingerprint density at radius 1 is 1.37 bits per heavy atom. The molecule has 0 fully saturated rings. The summed E-state index contributed by atoms with van der Waals surface area (Å²) in [6.45, 7) is 4.98. The Bertz CT molecular complexity index is 500. The van der Waals surface area contributed by atoms with Gasteiger partial charge in [0.2, 0.25) is 0 Å². The van der Waals surface area contributed by atoms with Crippen molar-refractivity contribution in [1.82, 2.24) is 4.90 Å². The standard InChI is InChI=1S/C14H19ClN2O2/c1-14(2)13(18)17(8-7-16(3)4)11-9-10(15)5-6-12(11)19-14/h5-6,9H,7-8H2,1-4H3. The van der Waals surface area contributed by atoms with Gasteiger partial charge in [0, 0.05) is 18.1 Å². The fourth-order valence-electron chi connectivity index (χ4n) is 2.06. The quantitative estimate of drug-likeness (QED) is 0.853. The second kappa shape index (κ2) is 5.02. The van der Waals surface area contributed by atoms with Gasteiger partial charge in [-0.25, -0.2) is 0 Å². The number of nitrogens with zero attached hydrogens (tertiary/aromatic N) is 2. The predicted octanol–water partition coefficient (Wildman–Crippen LogP) is 2.41. The van der Waals surface area contributed by atoms with Crippen molar-refractivity contribution in [3.8, 4) is 5.75 Å². The van der Waals surface area contributed by atoms with Crippen LogP contribution >= 0.6 is 11.6 Å². The average Bonchev–Trinajstić information content (AvgIpc) is 2.30. The lowest BCUT2D eigenvalue weighted by Crippen LogP contribution is -2.53. The van der Waals surface area contributed by atoms with Crippen LogP contribution in [0, 0.1) is 0 Å². The molecule has 5 heteroatoms. The van der Waals surface area contributed by atoms with E-state index in [9.17, 15) is 4.79 Å². The fraction of sp³-hybridized carbons (Fsp3) is 0.500. The number of halogens is 1. The number of anilines is 1. The molecule has 0 saturated carbocycles. The van der Waals surface area contributed by atoms with Crippen molar-refractivity contribution < 1.29 is 9.53 Å². The van der Waals surface area contributed by atoms with E-state index in [0.29, 0.717) is 17.3 Å². The van der Waals surface area contributed by atoms with Gasteiger partial charge in [-0.05, 0) is 46.1 Å². The van der Waals surface area contributed by atoms with Crippen LogP contribution in [-0.4, -0.2) is 43.6 Å². The van der Waals surface area contributed by atoms with Crippen molar-refractivity contribution in [2.24, 2.45) is 0 Å². The van der Waals surface area contributed by atoms with E-state index in [-0.39, 0.29) is 5.91 Å². The van der Waals surface area contributed by atoms with E-state index < -0.39 is 5.60 Å². The van der Waals surface area contributed by atoms with Gasteiger partial charge in [-0.1, -0.05) is 11.6 Å². The molecule has 0 unspecified atom stereocenters. The number of carbonyl (C=O) groups is 1. The predicted molar refractivity (Wildman–Crippen MR) is 77.1 cm³/mol. The Balaban J connectivity index is 2.39. The second-order valence-corrected chi connectivity index (χ2v) is 5.92. The van der Waals surface area contributed by atoms with E-state index in [2.05, 4.69) is 0 Å². The Morgan fingerprint density at radius 2 is 2.05 bits per heavy atom. The normalized spacial score (nSPS) is 17.4. The van der Waals surface area contributed by atoms with Gasteiger partial charge in [0.1, 0.15) is 5.75 Å². The van der Waals surface area contributed by atoms with Crippen LogP contribution in [0.2, 0.25) is 5.02 Å². The van der Waals surface area contributed by atoms with E-state index in [0.717, 1.165) is 12.2 Å². The lowest BCUT2D eigenvalue weighted by Gasteiger charge is -2.39. The van der Waals surface area contributed by atoms with Crippen molar-refractivity contribution in [1.29, 1.82) is 0 Å².